The van der Waals surface area contributed by atoms with Crippen LogP contribution < -0.4 is 0 Å². The van der Waals surface area contributed by atoms with Crippen molar-refractivity contribution in [2.45, 2.75) is 25.3 Å². The number of benzene rings is 2. The number of likely N-dealkylation sites (N-methyl/N-ethyl adjacent to an activating group) is 1. The molecule has 1 atom stereocenters. The Kier molecular flexibility index (Phi) is 7.61. The number of hydrogen-bond acceptors (Lipinski definition) is 2. The predicted molar refractivity (Wildman–Crippen MR) is 105 cm³/mol. The lowest BCUT2D eigenvalue weighted by atomic mass is 10.0. The van der Waals surface area contributed by atoms with Crippen LogP contribution in [0.15, 0.2) is 54.6 Å². The lowest BCUT2D eigenvalue weighted by Gasteiger charge is -2.32. The number of halogens is 2. The second kappa shape index (κ2) is 9.70. The van der Waals surface area contributed by atoms with Crippen molar-refractivity contribution in [3.8, 4) is 0 Å². The van der Waals surface area contributed by atoms with Gasteiger partial charge in [-0.1, -0.05) is 42.5 Å². The monoisotopic (exact) mass is 376 g/mol. The summed E-state index contributed by atoms with van der Waals surface area (Å²) in [6.45, 7) is 3.06. The van der Waals surface area contributed by atoms with E-state index in [-0.39, 0.29) is 30.2 Å². The third-order valence-corrected chi connectivity index (χ3v) is 4.94. The highest BCUT2D eigenvalue weighted by Crippen LogP contribution is 2.23. The lowest BCUT2D eigenvalue weighted by molar-refractivity contribution is -0.131. The largest absolute Gasteiger partial charge is 0.337 e. The minimum Gasteiger partial charge on any atom is -0.337 e. The molecule has 1 aliphatic rings. The molecule has 5 heteroatoms. The first-order valence-electron chi connectivity index (χ1n) is 8.91. The second-order valence-corrected chi connectivity index (χ2v) is 6.74. The number of amides is 1. The van der Waals surface area contributed by atoms with E-state index < -0.39 is 0 Å². The first-order valence-corrected chi connectivity index (χ1v) is 8.91. The lowest BCUT2D eigenvalue weighted by Crippen LogP contribution is -2.39. The number of rotatable bonds is 6. The van der Waals surface area contributed by atoms with E-state index in [1.165, 1.54) is 25.0 Å². The van der Waals surface area contributed by atoms with Gasteiger partial charge >= 0.3 is 0 Å². The van der Waals surface area contributed by atoms with Crippen LogP contribution in [0.25, 0.3) is 0 Å². The summed E-state index contributed by atoms with van der Waals surface area (Å²) in [5.74, 6) is -0.222. The number of carbonyl (C=O) groups is 1. The van der Waals surface area contributed by atoms with Crippen LogP contribution in [0.5, 0.6) is 0 Å². The maximum absolute atomic E-state index is 13.1. The molecular formula is C21H26ClFN2O. The number of likely N-dealkylation sites (tertiary alicyclic amines) is 1. The van der Waals surface area contributed by atoms with Crippen LogP contribution in [0, 0.1) is 5.82 Å². The van der Waals surface area contributed by atoms with E-state index in [1.54, 1.807) is 12.1 Å². The fourth-order valence-electron chi connectivity index (χ4n) is 3.41. The maximum Gasteiger partial charge on any atom is 0.227 e. The van der Waals surface area contributed by atoms with Crippen LogP contribution in [0.3, 0.4) is 0 Å². The molecule has 1 amide bonds. The van der Waals surface area contributed by atoms with E-state index in [1.807, 2.05) is 30.1 Å². The summed E-state index contributed by atoms with van der Waals surface area (Å²) in [5, 5.41) is 0. The van der Waals surface area contributed by atoms with Crippen molar-refractivity contribution in [2.24, 2.45) is 0 Å². The molecule has 0 radical (unpaired) electrons. The third kappa shape index (κ3) is 5.29. The van der Waals surface area contributed by atoms with E-state index >= 15 is 0 Å². The smallest absolute Gasteiger partial charge is 0.227 e. The average molecular weight is 377 g/mol. The number of nitrogens with zero attached hydrogens (tertiary/aromatic N) is 2. The summed E-state index contributed by atoms with van der Waals surface area (Å²) in [5.41, 5.74) is 2.00. The maximum atomic E-state index is 13.1. The van der Waals surface area contributed by atoms with Gasteiger partial charge in [0, 0.05) is 13.6 Å². The topological polar surface area (TPSA) is 23.6 Å². The Bertz CT molecular complexity index is 687. The Morgan fingerprint density at radius 2 is 1.69 bits per heavy atom. The van der Waals surface area contributed by atoms with Gasteiger partial charge < -0.3 is 9.80 Å². The van der Waals surface area contributed by atoms with Gasteiger partial charge in [-0.15, -0.1) is 12.4 Å². The molecule has 26 heavy (non-hydrogen) atoms. The van der Waals surface area contributed by atoms with E-state index in [0.29, 0.717) is 6.42 Å². The summed E-state index contributed by atoms with van der Waals surface area (Å²) < 4.78 is 13.1. The zero-order valence-corrected chi connectivity index (χ0v) is 15.9. The van der Waals surface area contributed by atoms with E-state index in [0.717, 1.165) is 30.8 Å². The van der Waals surface area contributed by atoms with E-state index in [9.17, 15) is 9.18 Å². The fraction of sp³-hybridized carbons (Fsp3) is 0.381. The fourth-order valence-corrected chi connectivity index (χ4v) is 3.41. The van der Waals surface area contributed by atoms with Gasteiger partial charge in [0.1, 0.15) is 5.82 Å². The second-order valence-electron chi connectivity index (χ2n) is 6.74. The van der Waals surface area contributed by atoms with Gasteiger partial charge in [0.2, 0.25) is 5.91 Å². The first-order chi connectivity index (χ1) is 12.1. The van der Waals surface area contributed by atoms with Crippen molar-refractivity contribution >= 4 is 18.3 Å². The molecule has 140 valence electrons. The van der Waals surface area contributed by atoms with Crippen LogP contribution in [-0.2, 0) is 11.2 Å². The van der Waals surface area contributed by atoms with Gasteiger partial charge in [0.15, 0.2) is 0 Å². The Labute approximate surface area is 161 Å². The van der Waals surface area contributed by atoms with Gasteiger partial charge in [0.05, 0.1) is 12.5 Å². The van der Waals surface area contributed by atoms with Gasteiger partial charge in [0.25, 0.3) is 0 Å². The molecule has 0 N–H and O–H groups in total. The first kappa shape index (κ1) is 20.4. The zero-order valence-electron chi connectivity index (χ0n) is 15.1. The Morgan fingerprint density at radius 3 is 2.31 bits per heavy atom. The summed E-state index contributed by atoms with van der Waals surface area (Å²) >= 11 is 0. The molecule has 1 saturated heterocycles. The highest BCUT2D eigenvalue weighted by Gasteiger charge is 2.25. The molecule has 2 aromatic carbocycles. The van der Waals surface area contributed by atoms with Crippen molar-refractivity contribution in [2.75, 3.05) is 26.7 Å². The highest BCUT2D eigenvalue weighted by molar-refractivity contribution is 5.85. The molecule has 0 spiro atoms. The Balaban J connectivity index is 0.00000243. The van der Waals surface area contributed by atoms with Crippen LogP contribution >= 0.6 is 12.4 Å². The normalized spacial score (nSPS) is 15.3. The van der Waals surface area contributed by atoms with Gasteiger partial charge in [-0.2, -0.15) is 0 Å². The van der Waals surface area contributed by atoms with E-state index in [4.69, 9.17) is 0 Å². The molecule has 1 heterocycles. The van der Waals surface area contributed by atoms with Crippen molar-refractivity contribution in [1.29, 1.82) is 0 Å². The molecule has 0 saturated carbocycles. The molecule has 1 aliphatic heterocycles. The molecule has 2 aromatic rings. The summed E-state index contributed by atoms with van der Waals surface area (Å²) in [6.07, 6.45) is 2.75. The van der Waals surface area contributed by atoms with Crippen LogP contribution in [0.1, 0.15) is 30.0 Å². The molecule has 3 nitrogen and oxygen atoms in total. The SMILES string of the molecule is CN(C(=O)Cc1ccc(F)cc1)C(CN1CCCC1)c1ccccc1.Cl. The minimum atomic E-state index is -0.277. The molecular weight excluding hydrogens is 351 g/mol. The number of carbonyl (C=O) groups excluding carboxylic acids is 1. The van der Waals surface area contributed by atoms with Gasteiger partial charge in [-0.3, -0.25) is 4.79 Å². The molecule has 0 aliphatic carbocycles. The molecule has 3 rings (SSSR count). The summed E-state index contributed by atoms with van der Waals surface area (Å²) in [4.78, 5) is 17.1. The quantitative estimate of drug-likeness (QED) is 0.758. The van der Waals surface area contributed by atoms with Crippen molar-refractivity contribution in [3.63, 3.8) is 0 Å². The zero-order chi connectivity index (χ0) is 17.6. The summed E-state index contributed by atoms with van der Waals surface area (Å²) in [7, 11) is 1.87. The Morgan fingerprint density at radius 1 is 1.08 bits per heavy atom. The van der Waals surface area contributed by atoms with Crippen LogP contribution in [0.4, 0.5) is 4.39 Å². The standard InChI is InChI=1S/C21H25FN2O.ClH/c1-23(21(25)15-17-9-11-19(22)12-10-17)20(16-24-13-5-6-14-24)18-7-3-2-4-8-18;/h2-4,7-12,20H,5-6,13-16H2,1H3;1H. The van der Waals surface area contributed by atoms with Crippen molar-refractivity contribution in [1.82, 2.24) is 9.80 Å². The molecule has 0 bridgehead atoms. The van der Waals surface area contributed by atoms with Crippen molar-refractivity contribution < 1.29 is 9.18 Å². The minimum absolute atomic E-state index is 0. The summed E-state index contributed by atoms with van der Waals surface area (Å²) in [6, 6.07) is 16.4. The highest BCUT2D eigenvalue weighted by atomic mass is 35.5. The van der Waals surface area contributed by atoms with Crippen LogP contribution in [0.2, 0.25) is 0 Å². The van der Waals surface area contributed by atoms with Gasteiger partial charge in [-0.25, -0.2) is 4.39 Å². The van der Waals surface area contributed by atoms with Crippen molar-refractivity contribution in [3.05, 3.63) is 71.5 Å². The van der Waals surface area contributed by atoms with Crippen LogP contribution in [-0.4, -0.2) is 42.4 Å². The average Bonchev–Trinajstić information content (AvgIpc) is 3.15. The van der Waals surface area contributed by atoms with E-state index in [2.05, 4.69) is 17.0 Å². The number of hydrogen-bond donors (Lipinski definition) is 0. The molecule has 1 fully saturated rings. The van der Waals surface area contributed by atoms with Gasteiger partial charge in [-0.05, 0) is 49.2 Å². The molecule has 0 aromatic heterocycles. The molecule has 1 unspecified atom stereocenters. The third-order valence-electron chi connectivity index (χ3n) is 4.94. The predicted octanol–water partition coefficient (Wildman–Crippen LogP) is 4.09. The Hall–Kier alpha value is -1.91.